The van der Waals surface area contributed by atoms with Crippen molar-refractivity contribution in [1.82, 2.24) is 0 Å². The van der Waals surface area contributed by atoms with E-state index < -0.39 is 0 Å². The molecular weight excluding hydrogens is 370 g/mol. The number of hydrogen-bond donors (Lipinski definition) is 2. The first-order chi connectivity index (χ1) is 9.56. The Morgan fingerprint density at radius 1 is 1.20 bits per heavy atom. The Morgan fingerprint density at radius 3 is 2.65 bits per heavy atom. The topological polar surface area (TPSA) is 41.1 Å². The van der Waals surface area contributed by atoms with Gasteiger partial charge in [-0.1, -0.05) is 18.2 Å². The van der Waals surface area contributed by atoms with Crippen LogP contribution in [0.2, 0.25) is 0 Å². The van der Waals surface area contributed by atoms with Crippen LogP contribution in [-0.4, -0.2) is 5.91 Å². The minimum Gasteiger partial charge on any atom is -0.380 e. The number of anilines is 2. The van der Waals surface area contributed by atoms with Gasteiger partial charge in [-0.25, -0.2) is 4.39 Å². The third-order valence-corrected chi connectivity index (χ3v) is 3.62. The van der Waals surface area contributed by atoms with Gasteiger partial charge in [0.2, 0.25) is 5.91 Å². The summed E-state index contributed by atoms with van der Waals surface area (Å²) in [6.45, 7) is 2.03. The number of para-hydroxylation sites is 1. The van der Waals surface area contributed by atoms with Gasteiger partial charge in [0, 0.05) is 28.4 Å². The molecule has 2 aromatic rings. The Kier molecular flexibility index (Phi) is 4.94. The fourth-order valence-electron chi connectivity index (χ4n) is 1.81. The molecule has 0 heterocycles. The normalized spacial score (nSPS) is 10.2. The third-order valence-electron chi connectivity index (χ3n) is 2.73. The molecule has 0 aliphatic heterocycles. The number of carbonyl (C=O) groups excluding carboxylic acids is 1. The zero-order chi connectivity index (χ0) is 14.5. The highest BCUT2D eigenvalue weighted by Crippen LogP contribution is 2.21. The van der Waals surface area contributed by atoms with Gasteiger partial charge in [-0.2, -0.15) is 0 Å². The van der Waals surface area contributed by atoms with Crippen molar-refractivity contribution in [2.75, 3.05) is 10.6 Å². The van der Waals surface area contributed by atoms with Crippen molar-refractivity contribution in [2.24, 2.45) is 0 Å². The van der Waals surface area contributed by atoms with Gasteiger partial charge in [-0.15, -0.1) is 0 Å². The highest BCUT2D eigenvalue weighted by molar-refractivity contribution is 14.1. The molecule has 2 rings (SSSR count). The molecule has 0 saturated heterocycles. The Hall–Kier alpha value is -1.63. The van der Waals surface area contributed by atoms with Crippen LogP contribution in [0.15, 0.2) is 42.5 Å². The zero-order valence-electron chi connectivity index (χ0n) is 10.9. The summed E-state index contributed by atoms with van der Waals surface area (Å²) in [5.74, 6) is -0.354. The minimum absolute atomic E-state index is 0.103. The van der Waals surface area contributed by atoms with E-state index in [1.807, 2.05) is 24.3 Å². The van der Waals surface area contributed by atoms with Gasteiger partial charge < -0.3 is 10.6 Å². The molecule has 0 aliphatic rings. The number of carbonyl (C=O) groups is 1. The lowest BCUT2D eigenvalue weighted by atomic mass is 10.1. The molecule has 0 unspecified atom stereocenters. The first kappa shape index (κ1) is 14.8. The summed E-state index contributed by atoms with van der Waals surface area (Å²) < 4.78 is 13.9. The molecule has 3 nitrogen and oxygen atoms in total. The molecule has 0 atom stereocenters. The molecule has 5 heteroatoms. The van der Waals surface area contributed by atoms with Gasteiger partial charge in [0.25, 0.3) is 0 Å². The second-order valence-electron chi connectivity index (χ2n) is 4.32. The zero-order valence-corrected chi connectivity index (χ0v) is 13.1. The second-order valence-corrected chi connectivity index (χ2v) is 5.48. The first-order valence-corrected chi connectivity index (χ1v) is 7.18. The summed E-state index contributed by atoms with van der Waals surface area (Å²) in [5.41, 5.74) is 2.62. The van der Waals surface area contributed by atoms with E-state index in [1.54, 1.807) is 6.07 Å². The number of benzene rings is 2. The SMILES string of the molecule is CC(=O)Nc1ccccc1CNc1ccc(F)cc1I. The molecule has 1 amide bonds. The lowest BCUT2D eigenvalue weighted by molar-refractivity contribution is -0.114. The molecule has 2 aromatic carbocycles. The van der Waals surface area contributed by atoms with Crippen LogP contribution in [-0.2, 0) is 11.3 Å². The van der Waals surface area contributed by atoms with Crippen molar-refractivity contribution < 1.29 is 9.18 Å². The molecule has 20 heavy (non-hydrogen) atoms. The third kappa shape index (κ3) is 3.93. The Labute approximate surface area is 130 Å². The van der Waals surface area contributed by atoms with Crippen LogP contribution < -0.4 is 10.6 Å². The van der Waals surface area contributed by atoms with Crippen LogP contribution in [0.25, 0.3) is 0 Å². The van der Waals surface area contributed by atoms with E-state index in [4.69, 9.17) is 0 Å². The maximum absolute atomic E-state index is 13.0. The summed E-state index contributed by atoms with van der Waals surface area (Å²) in [6, 6.07) is 12.2. The average molecular weight is 384 g/mol. The summed E-state index contributed by atoms with van der Waals surface area (Å²) in [7, 11) is 0. The van der Waals surface area contributed by atoms with Crippen molar-refractivity contribution in [3.05, 3.63) is 57.4 Å². The molecule has 0 aliphatic carbocycles. The van der Waals surface area contributed by atoms with E-state index in [-0.39, 0.29) is 11.7 Å². The molecule has 0 aromatic heterocycles. The van der Waals surface area contributed by atoms with E-state index in [1.165, 1.54) is 19.1 Å². The second kappa shape index (κ2) is 6.69. The van der Waals surface area contributed by atoms with E-state index in [0.29, 0.717) is 6.54 Å². The summed E-state index contributed by atoms with van der Waals surface area (Å²) in [4.78, 5) is 11.2. The maximum atomic E-state index is 13.0. The Balaban J connectivity index is 2.12. The van der Waals surface area contributed by atoms with Gasteiger partial charge in [0.1, 0.15) is 5.82 Å². The predicted molar refractivity (Wildman–Crippen MR) is 87.2 cm³/mol. The van der Waals surface area contributed by atoms with E-state index in [2.05, 4.69) is 33.2 Å². The summed E-state index contributed by atoms with van der Waals surface area (Å²) in [5, 5.41) is 6.04. The van der Waals surface area contributed by atoms with E-state index in [0.717, 1.165) is 20.5 Å². The number of rotatable bonds is 4. The Bertz CT molecular complexity index is 631. The monoisotopic (exact) mass is 384 g/mol. The van der Waals surface area contributed by atoms with Crippen LogP contribution in [0.3, 0.4) is 0 Å². The largest absolute Gasteiger partial charge is 0.380 e. The average Bonchev–Trinajstić information content (AvgIpc) is 2.39. The number of nitrogens with one attached hydrogen (secondary N) is 2. The lowest BCUT2D eigenvalue weighted by Gasteiger charge is -2.12. The van der Waals surface area contributed by atoms with Gasteiger partial charge in [0.15, 0.2) is 0 Å². The van der Waals surface area contributed by atoms with Crippen molar-refractivity contribution in [1.29, 1.82) is 0 Å². The number of halogens is 2. The molecule has 2 N–H and O–H groups in total. The highest BCUT2D eigenvalue weighted by atomic mass is 127. The van der Waals surface area contributed by atoms with Crippen LogP contribution >= 0.6 is 22.6 Å². The van der Waals surface area contributed by atoms with Crippen LogP contribution in [0.4, 0.5) is 15.8 Å². The molecule has 0 radical (unpaired) electrons. The fraction of sp³-hybridized carbons (Fsp3) is 0.133. The number of amides is 1. The van der Waals surface area contributed by atoms with Crippen molar-refractivity contribution in [3.8, 4) is 0 Å². The van der Waals surface area contributed by atoms with Crippen LogP contribution in [0.1, 0.15) is 12.5 Å². The molecule has 104 valence electrons. The predicted octanol–water partition coefficient (Wildman–Crippen LogP) is 4.00. The fourth-order valence-corrected chi connectivity index (χ4v) is 2.48. The highest BCUT2D eigenvalue weighted by Gasteiger charge is 2.05. The van der Waals surface area contributed by atoms with Crippen molar-refractivity contribution >= 4 is 39.9 Å². The molecule has 0 bridgehead atoms. The van der Waals surface area contributed by atoms with Gasteiger partial charge in [0.05, 0.1) is 0 Å². The maximum Gasteiger partial charge on any atom is 0.221 e. The van der Waals surface area contributed by atoms with Crippen molar-refractivity contribution in [3.63, 3.8) is 0 Å². The van der Waals surface area contributed by atoms with E-state index in [9.17, 15) is 9.18 Å². The van der Waals surface area contributed by atoms with Crippen LogP contribution in [0, 0.1) is 9.39 Å². The molecule has 0 fully saturated rings. The van der Waals surface area contributed by atoms with Crippen molar-refractivity contribution in [2.45, 2.75) is 13.5 Å². The smallest absolute Gasteiger partial charge is 0.221 e. The standard InChI is InChI=1S/C15H14FIN2O/c1-10(20)19-14-5-3-2-4-11(14)9-18-15-7-6-12(16)8-13(15)17/h2-8,18H,9H2,1H3,(H,19,20). The first-order valence-electron chi connectivity index (χ1n) is 6.10. The summed E-state index contributed by atoms with van der Waals surface area (Å²) in [6.07, 6.45) is 0. The van der Waals surface area contributed by atoms with Gasteiger partial charge >= 0.3 is 0 Å². The van der Waals surface area contributed by atoms with Gasteiger partial charge in [-0.05, 0) is 52.4 Å². The lowest BCUT2D eigenvalue weighted by Crippen LogP contribution is -2.10. The quantitative estimate of drug-likeness (QED) is 0.783. The number of hydrogen-bond acceptors (Lipinski definition) is 2. The van der Waals surface area contributed by atoms with Crippen LogP contribution in [0.5, 0.6) is 0 Å². The molecule has 0 saturated carbocycles. The minimum atomic E-state index is -0.251. The van der Waals surface area contributed by atoms with E-state index >= 15 is 0 Å². The Morgan fingerprint density at radius 2 is 1.95 bits per heavy atom. The van der Waals surface area contributed by atoms with Gasteiger partial charge in [-0.3, -0.25) is 4.79 Å². The molecule has 0 spiro atoms. The summed E-state index contributed by atoms with van der Waals surface area (Å²) >= 11 is 2.09. The molecular formula is C15H14FIN2O.